The Morgan fingerprint density at radius 2 is 2.09 bits per heavy atom. The lowest BCUT2D eigenvalue weighted by Crippen LogP contribution is -2.48. The van der Waals surface area contributed by atoms with Crippen LogP contribution in [0.4, 0.5) is 0 Å². The molecular weight excluding hydrogens is 282 g/mol. The first kappa shape index (κ1) is 14.8. The summed E-state index contributed by atoms with van der Waals surface area (Å²) >= 11 is 0. The summed E-state index contributed by atoms with van der Waals surface area (Å²) in [6, 6.07) is 1.81. The summed E-state index contributed by atoms with van der Waals surface area (Å²) < 4.78 is 7.14. The number of carbonyl (C=O) groups is 1. The molecule has 0 saturated carbocycles. The van der Waals surface area contributed by atoms with Gasteiger partial charge in [0, 0.05) is 51.7 Å². The topological polar surface area (TPSA) is 67.4 Å². The number of rotatable bonds is 4. The van der Waals surface area contributed by atoms with Gasteiger partial charge in [-0.15, -0.1) is 0 Å². The molecule has 7 heteroatoms. The minimum atomic E-state index is 0.104. The Balaban J connectivity index is 1.49. The molecule has 0 aromatic carbocycles. The van der Waals surface area contributed by atoms with Crippen molar-refractivity contribution >= 4 is 5.91 Å². The first-order chi connectivity index (χ1) is 10.6. The van der Waals surface area contributed by atoms with Crippen LogP contribution in [0.2, 0.25) is 0 Å². The van der Waals surface area contributed by atoms with Crippen molar-refractivity contribution in [1.29, 1.82) is 0 Å². The van der Waals surface area contributed by atoms with Crippen molar-refractivity contribution in [2.45, 2.75) is 19.9 Å². The fourth-order valence-corrected chi connectivity index (χ4v) is 2.66. The van der Waals surface area contributed by atoms with E-state index in [2.05, 4.69) is 15.0 Å². The van der Waals surface area contributed by atoms with E-state index in [0.717, 1.165) is 44.2 Å². The second kappa shape index (κ2) is 6.31. The van der Waals surface area contributed by atoms with Crippen molar-refractivity contribution in [3.63, 3.8) is 0 Å². The molecule has 7 nitrogen and oxygen atoms in total. The number of carbonyl (C=O) groups excluding carboxylic acids is 1. The fraction of sp³-hybridized carbons (Fsp3) is 0.533. The molecule has 0 aliphatic carbocycles. The van der Waals surface area contributed by atoms with Crippen LogP contribution in [-0.4, -0.2) is 56.6 Å². The largest absolute Gasteiger partial charge is 0.361 e. The number of hydrogen-bond acceptors (Lipinski definition) is 5. The Morgan fingerprint density at radius 3 is 2.68 bits per heavy atom. The highest BCUT2D eigenvalue weighted by atomic mass is 16.5. The van der Waals surface area contributed by atoms with Crippen LogP contribution in [0.25, 0.3) is 0 Å². The minimum Gasteiger partial charge on any atom is -0.361 e. The molecule has 1 aliphatic rings. The average molecular weight is 303 g/mol. The van der Waals surface area contributed by atoms with Crippen molar-refractivity contribution in [3.8, 4) is 0 Å². The van der Waals surface area contributed by atoms with E-state index >= 15 is 0 Å². The molecule has 0 N–H and O–H groups in total. The summed E-state index contributed by atoms with van der Waals surface area (Å²) in [6.45, 7) is 5.91. The summed E-state index contributed by atoms with van der Waals surface area (Å²) in [5, 5.41) is 3.81. The molecule has 1 fully saturated rings. The van der Waals surface area contributed by atoms with Crippen LogP contribution in [0.3, 0.4) is 0 Å². The minimum absolute atomic E-state index is 0.104. The van der Waals surface area contributed by atoms with Crippen molar-refractivity contribution in [2.24, 2.45) is 7.05 Å². The Hall–Kier alpha value is -2.15. The number of piperazine rings is 1. The van der Waals surface area contributed by atoms with E-state index in [9.17, 15) is 4.79 Å². The van der Waals surface area contributed by atoms with E-state index in [0.29, 0.717) is 12.2 Å². The smallest absolute Gasteiger partial charge is 0.230 e. The molecule has 0 spiro atoms. The van der Waals surface area contributed by atoms with Crippen LogP contribution in [0.1, 0.15) is 17.3 Å². The Bertz CT molecular complexity index is 640. The Labute approximate surface area is 129 Å². The van der Waals surface area contributed by atoms with Crippen molar-refractivity contribution in [2.75, 3.05) is 26.2 Å². The molecule has 1 aliphatic heterocycles. The molecule has 0 unspecified atom stereocenters. The van der Waals surface area contributed by atoms with Crippen LogP contribution in [0.15, 0.2) is 23.0 Å². The van der Waals surface area contributed by atoms with Gasteiger partial charge in [0.2, 0.25) is 5.91 Å². The van der Waals surface area contributed by atoms with Gasteiger partial charge in [-0.1, -0.05) is 5.16 Å². The first-order valence-corrected chi connectivity index (χ1v) is 7.50. The molecular formula is C15H21N5O2. The Morgan fingerprint density at radius 1 is 1.32 bits per heavy atom. The van der Waals surface area contributed by atoms with Crippen LogP contribution < -0.4 is 0 Å². The molecule has 3 rings (SSSR count). The highest BCUT2D eigenvalue weighted by Gasteiger charge is 2.22. The lowest BCUT2D eigenvalue weighted by Gasteiger charge is -2.34. The van der Waals surface area contributed by atoms with Gasteiger partial charge >= 0.3 is 0 Å². The van der Waals surface area contributed by atoms with E-state index in [1.165, 1.54) is 0 Å². The maximum atomic E-state index is 12.3. The Kier molecular flexibility index (Phi) is 4.24. The van der Waals surface area contributed by atoms with Crippen LogP contribution >= 0.6 is 0 Å². The van der Waals surface area contributed by atoms with Crippen molar-refractivity contribution in [3.05, 3.63) is 35.7 Å². The van der Waals surface area contributed by atoms with Gasteiger partial charge < -0.3 is 14.0 Å². The predicted octanol–water partition coefficient (Wildman–Crippen LogP) is 0.603. The fourth-order valence-electron chi connectivity index (χ4n) is 2.66. The van der Waals surface area contributed by atoms with Gasteiger partial charge in [0.1, 0.15) is 11.6 Å². The maximum Gasteiger partial charge on any atom is 0.230 e. The summed E-state index contributed by atoms with van der Waals surface area (Å²) in [6.07, 6.45) is 4.06. The maximum absolute atomic E-state index is 12.3. The standard InChI is InChI=1S/C15H21N5O2/c1-12-9-13(22-17-12)10-15(21)20-7-5-19(6-8-20)11-14-16-3-4-18(14)2/h3-4,9H,5-8,10-11H2,1-2H3. The molecule has 3 heterocycles. The molecule has 118 valence electrons. The molecule has 0 radical (unpaired) electrons. The van der Waals surface area contributed by atoms with Gasteiger partial charge in [-0.3, -0.25) is 9.69 Å². The quantitative estimate of drug-likeness (QED) is 0.827. The highest BCUT2D eigenvalue weighted by molar-refractivity contribution is 5.78. The first-order valence-electron chi connectivity index (χ1n) is 7.50. The van der Waals surface area contributed by atoms with Crippen LogP contribution in [0, 0.1) is 6.92 Å². The van der Waals surface area contributed by atoms with Gasteiger partial charge in [0.15, 0.2) is 0 Å². The zero-order chi connectivity index (χ0) is 15.5. The van der Waals surface area contributed by atoms with Crippen LogP contribution in [-0.2, 0) is 24.8 Å². The normalized spacial score (nSPS) is 16.2. The molecule has 22 heavy (non-hydrogen) atoms. The number of amides is 1. The molecule has 0 atom stereocenters. The van der Waals surface area contributed by atoms with E-state index < -0.39 is 0 Å². The molecule has 0 bridgehead atoms. The number of aromatic nitrogens is 3. The summed E-state index contributed by atoms with van der Waals surface area (Å²) in [5.41, 5.74) is 0.808. The molecule has 1 amide bonds. The third kappa shape index (κ3) is 3.36. The van der Waals surface area contributed by atoms with Crippen LogP contribution in [0.5, 0.6) is 0 Å². The second-order valence-corrected chi connectivity index (χ2v) is 5.72. The lowest BCUT2D eigenvalue weighted by molar-refractivity contribution is -0.132. The summed E-state index contributed by atoms with van der Waals surface area (Å²) in [5.74, 6) is 1.79. The monoisotopic (exact) mass is 303 g/mol. The summed E-state index contributed by atoms with van der Waals surface area (Å²) in [7, 11) is 2.00. The number of aryl methyl sites for hydroxylation is 2. The third-order valence-corrected chi connectivity index (χ3v) is 4.01. The summed E-state index contributed by atoms with van der Waals surface area (Å²) in [4.78, 5) is 20.8. The molecule has 1 saturated heterocycles. The van der Waals surface area contributed by atoms with E-state index in [1.807, 2.05) is 41.9 Å². The zero-order valence-corrected chi connectivity index (χ0v) is 13.0. The van der Waals surface area contributed by atoms with Gasteiger partial charge in [-0.2, -0.15) is 0 Å². The van der Waals surface area contributed by atoms with Crippen molar-refractivity contribution in [1.82, 2.24) is 24.5 Å². The number of nitrogens with zero attached hydrogens (tertiary/aromatic N) is 5. The average Bonchev–Trinajstić information content (AvgIpc) is 3.09. The third-order valence-electron chi connectivity index (χ3n) is 4.01. The zero-order valence-electron chi connectivity index (χ0n) is 13.0. The lowest BCUT2D eigenvalue weighted by atomic mass is 10.2. The molecule has 2 aromatic rings. The van der Waals surface area contributed by atoms with Gasteiger partial charge in [-0.05, 0) is 6.92 Å². The highest BCUT2D eigenvalue weighted by Crippen LogP contribution is 2.10. The van der Waals surface area contributed by atoms with Crippen molar-refractivity contribution < 1.29 is 9.32 Å². The second-order valence-electron chi connectivity index (χ2n) is 5.72. The van der Waals surface area contributed by atoms with E-state index in [-0.39, 0.29) is 5.91 Å². The van der Waals surface area contributed by atoms with Gasteiger partial charge in [-0.25, -0.2) is 4.98 Å². The van der Waals surface area contributed by atoms with E-state index in [1.54, 1.807) is 0 Å². The predicted molar refractivity (Wildman–Crippen MR) is 80.0 cm³/mol. The molecule has 2 aromatic heterocycles. The van der Waals surface area contributed by atoms with Gasteiger partial charge in [0.25, 0.3) is 0 Å². The SMILES string of the molecule is Cc1cc(CC(=O)N2CCN(Cc3nccn3C)CC2)on1. The van der Waals surface area contributed by atoms with E-state index in [4.69, 9.17) is 4.52 Å². The van der Waals surface area contributed by atoms with Gasteiger partial charge in [0.05, 0.1) is 18.7 Å². The number of hydrogen-bond donors (Lipinski definition) is 0. The number of imidazole rings is 1.